The molecule has 0 aliphatic heterocycles. The van der Waals surface area contributed by atoms with Crippen LogP contribution < -0.4 is 9.47 Å². The molecule has 4 nitrogen and oxygen atoms in total. The Morgan fingerprint density at radius 2 is 1.64 bits per heavy atom. The molecule has 0 aliphatic rings. The van der Waals surface area contributed by atoms with E-state index in [-0.39, 0.29) is 0 Å². The van der Waals surface area contributed by atoms with Crippen LogP contribution in [0, 0.1) is 0 Å². The largest absolute Gasteiger partial charge is 0.494 e. The second-order valence-electron chi connectivity index (χ2n) is 6.04. The van der Waals surface area contributed by atoms with Gasteiger partial charge >= 0.3 is 5.97 Å². The number of halogens is 1. The number of esters is 1. The van der Waals surface area contributed by atoms with Crippen molar-refractivity contribution in [1.29, 1.82) is 0 Å². The minimum Gasteiger partial charge on any atom is -0.494 e. The van der Waals surface area contributed by atoms with Crippen molar-refractivity contribution < 1.29 is 14.3 Å². The van der Waals surface area contributed by atoms with Gasteiger partial charge in [0.2, 0.25) is 0 Å². The molecule has 3 aromatic rings. The number of benzene rings is 3. The Labute approximate surface area is 173 Å². The first-order valence-electron chi connectivity index (χ1n) is 8.99. The van der Waals surface area contributed by atoms with E-state index in [1.165, 1.54) is 0 Å². The highest BCUT2D eigenvalue weighted by Crippen LogP contribution is 2.24. The van der Waals surface area contributed by atoms with Crippen molar-refractivity contribution >= 4 is 33.8 Å². The van der Waals surface area contributed by atoms with E-state index < -0.39 is 5.97 Å². The van der Waals surface area contributed by atoms with Crippen molar-refractivity contribution in [2.24, 2.45) is 4.99 Å². The Morgan fingerprint density at radius 1 is 0.964 bits per heavy atom. The minimum atomic E-state index is -0.406. The van der Waals surface area contributed by atoms with Crippen molar-refractivity contribution in [3.8, 4) is 11.5 Å². The summed E-state index contributed by atoms with van der Waals surface area (Å²) in [6, 6.07) is 21.9. The quantitative estimate of drug-likeness (QED) is 0.250. The van der Waals surface area contributed by atoms with Gasteiger partial charge < -0.3 is 9.47 Å². The zero-order valence-corrected chi connectivity index (χ0v) is 17.1. The second kappa shape index (κ2) is 9.85. The molecule has 0 saturated heterocycles. The summed E-state index contributed by atoms with van der Waals surface area (Å²) in [4.78, 5) is 16.7. The van der Waals surface area contributed by atoms with Crippen molar-refractivity contribution in [2.45, 2.75) is 13.3 Å². The third-order valence-corrected chi connectivity index (χ3v) is 4.53. The summed E-state index contributed by atoms with van der Waals surface area (Å²) in [7, 11) is 0. The van der Waals surface area contributed by atoms with E-state index in [0.717, 1.165) is 27.9 Å². The van der Waals surface area contributed by atoms with E-state index in [4.69, 9.17) is 9.47 Å². The van der Waals surface area contributed by atoms with Crippen LogP contribution in [-0.2, 0) is 0 Å². The molecule has 0 N–H and O–H groups in total. The summed E-state index contributed by atoms with van der Waals surface area (Å²) in [6.45, 7) is 2.70. The molecule has 0 atom stereocenters. The lowest BCUT2D eigenvalue weighted by atomic mass is 10.2. The molecule has 0 amide bonds. The number of para-hydroxylation sites is 1. The molecule has 0 heterocycles. The van der Waals surface area contributed by atoms with Crippen LogP contribution in [0.25, 0.3) is 0 Å². The van der Waals surface area contributed by atoms with Gasteiger partial charge in [-0.05, 0) is 88.6 Å². The van der Waals surface area contributed by atoms with Crippen molar-refractivity contribution in [3.05, 3.63) is 88.4 Å². The zero-order chi connectivity index (χ0) is 19.8. The lowest BCUT2D eigenvalue weighted by molar-refractivity contribution is 0.0734. The van der Waals surface area contributed by atoms with E-state index in [2.05, 4.69) is 20.9 Å². The van der Waals surface area contributed by atoms with Crippen LogP contribution in [0.3, 0.4) is 0 Å². The first-order valence-corrected chi connectivity index (χ1v) is 9.78. The highest BCUT2D eigenvalue weighted by Gasteiger charge is 2.08. The van der Waals surface area contributed by atoms with Crippen LogP contribution in [-0.4, -0.2) is 18.8 Å². The molecule has 28 heavy (non-hydrogen) atoms. The highest BCUT2D eigenvalue weighted by molar-refractivity contribution is 9.10. The molecule has 0 aromatic heterocycles. The summed E-state index contributed by atoms with van der Waals surface area (Å²) in [5.74, 6) is 0.818. The summed E-state index contributed by atoms with van der Waals surface area (Å²) < 4.78 is 11.9. The third-order valence-electron chi connectivity index (χ3n) is 3.86. The van der Waals surface area contributed by atoms with E-state index in [1.807, 2.05) is 43.3 Å². The Bertz CT molecular complexity index is 950. The van der Waals surface area contributed by atoms with Gasteiger partial charge in [0.05, 0.1) is 17.9 Å². The fourth-order valence-electron chi connectivity index (χ4n) is 2.40. The molecule has 3 rings (SSSR count). The van der Waals surface area contributed by atoms with Crippen LogP contribution in [0.1, 0.15) is 29.3 Å². The van der Waals surface area contributed by atoms with E-state index in [1.54, 1.807) is 42.6 Å². The molecular weight excluding hydrogens is 418 g/mol. The van der Waals surface area contributed by atoms with Crippen LogP contribution in [0.15, 0.2) is 82.3 Å². The van der Waals surface area contributed by atoms with Crippen LogP contribution in [0.4, 0.5) is 5.69 Å². The van der Waals surface area contributed by atoms with E-state index in [9.17, 15) is 4.79 Å². The van der Waals surface area contributed by atoms with Gasteiger partial charge in [-0.1, -0.05) is 19.1 Å². The standard InChI is InChI=1S/C23H20BrNO3/c1-2-15-27-19-13-9-18(10-14-19)23(26)28-20-11-7-17(8-12-20)16-25-22-6-4-3-5-21(22)24/h3-14,16H,2,15H2,1H3. The Hall–Kier alpha value is -2.92. The number of carbonyl (C=O) groups is 1. The van der Waals surface area contributed by atoms with Crippen LogP contribution >= 0.6 is 15.9 Å². The molecule has 0 bridgehead atoms. The zero-order valence-electron chi connectivity index (χ0n) is 15.5. The fraction of sp³-hybridized carbons (Fsp3) is 0.130. The Kier molecular flexibility index (Phi) is 6.98. The van der Waals surface area contributed by atoms with Crippen molar-refractivity contribution in [2.75, 3.05) is 6.61 Å². The Morgan fingerprint density at radius 3 is 2.32 bits per heavy atom. The van der Waals surface area contributed by atoms with Crippen LogP contribution in [0.2, 0.25) is 0 Å². The third kappa shape index (κ3) is 5.54. The number of hydrogen-bond acceptors (Lipinski definition) is 4. The molecule has 0 aliphatic carbocycles. The van der Waals surface area contributed by atoms with Gasteiger partial charge in [0.25, 0.3) is 0 Å². The average Bonchev–Trinajstić information content (AvgIpc) is 2.73. The average molecular weight is 438 g/mol. The van der Waals surface area contributed by atoms with Gasteiger partial charge in [0.15, 0.2) is 0 Å². The van der Waals surface area contributed by atoms with Gasteiger partial charge in [-0.25, -0.2) is 4.79 Å². The highest BCUT2D eigenvalue weighted by atomic mass is 79.9. The number of nitrogens with zero attached hydrogens (tertiary/aromatic N) is 1. The smallest absolute Gasteiger partial charge is 0.343 e. The molecule has 0 radical (unpaired) electrons. The lowest BCUT2D eigenvalue weighted by Gasteiger charge is -2.07. The fourth-order valence-corrected chi connectivity index (χ4v) is 2.78. The number of carbonyl (C=O) groups excluding carboxylic acids is 1. The SMILES string of the molecule is CCCOc1ccc(C(=O)Oc2ccc(C=Nc3ccccc3Br)cc2)cc1. The number of ether oxygens (including phenoxy) is 2. The summed E-state index contributed by atoms with van der Waals surface area (Å²) in [5, 5.41) is 0. The summed E-state index contributed by atoms with van der Waals surface area (Å²) in [5.41, 5.74) is 2.24. The monoisotopic (exact) mass is 437 g/mol. The maximum absolute atomic E-state index is 12.3. The van der Waals surface area contributed by atoms with Gasteiger partial charge in [-0.3, -0.25) is 4.99 Å². The van der Waals surface area contributed by atoms with Crippen LogP contribution in [0.5, 0.6) is 11.5 Å². The summed E-state index contributed by atoms with van der Waals surface area (Å²) >= 11 is 3.47. The minimum absolute atomic E-state index is 0.406. The molecule has 0 spiro atoms. The molecule has 0 fully saturated rings. The normalized spacial score (nSPS) is 10.8. The predicted molar refractivity (Wildman–Crippen MR) is 115 cm³/mol. The molecule has 0 saturated carbocycles. The topological polar surface area (TPSA) is 47.9 Å². The Balaban J connectivity index is 1.60. The van der Waals surface area contributed by atoms with Gasteiger partial charge in [-0.2, -0.15) is 0 Å². The predicted octanol–water partition coefficient (Wildman–Crippen LogP) is 6.21. The first kappa shape index (κ1) is 19.8. The molecule has 142 valence electrons. The van der Waals surface area contributed by atoms with E-state index in [0.29, 0.717) is 17.9 Å². The first-order chi connectivity index (χ1) is 13.7. The van der Waals surface area contributed by atoms with Gasteiger partial charge in [0, 0.05) is 10.7 Å². The molecular formula is C23H20BrNO3. The lowest BCUT2D eigenvalue weighted by Crippen LogP contribution is -2.08. The number of hydrogen-bond donors (Lipinski definition) is 0. The number of aliphatic imine (C=N–C) groups is 1. The maximum Gasteiger partial charge on any atom is 0.343 e. The van der Waals surface area contributed by atoms with Crippen molar-refractivity contribution in [1.82, 2.24) is 0 Å². The van der Waals surface area contributed by atoms with E-state index >= 15 is 0 Å². The molecule has 5 heteroatoms. The molecule has 3 aromatic carbocycles. The van der Waals surface area contributed by atoms with Gasteiger partial charge in [0.1, 0.15) is 11.5 Å². The second-order valence-corrected chi connectivity index (χ2v) is 6.90. The van der Waals surface area contributed by atoms with Crippen molar-refractivity contribution in [3.63, 3.8) is 0 Å². The number of rotatable bonds is 7. The molecule has 0 unspecified atom stereocenters. The van der Waals surface area contributed by atoms with Gasteiger partial charge in [-0.15, -0.1) is 0 Å². The maximum atomic E-state index is 12.3. The summed E-state index contributed by atoms with van der Waals surface area (Å²) in [6.07, 6.45) is 2.70.